The minimum Gasteiger partial charge on any atom is -0.493 e. The number of rotatable bonds is 7. The second-order valence-electron chi connectivity index (χ2n) is 6.93. The van der Waals surface area contributed by atoms with E-state index in [0.29, 0.717) is 18.9 Å². The Hall–Kier alpha value is -1.71. The summed E-state index contributed by atoms with van der Waals surface area (Å²) in [6.07, 6.45) is 6.89. The Labute approximate surface area is 138 Å². The van der Waals surface area contributed by atoms with Crippen LogP contribution in [0, 0.1) is 17.8 Å². The number of methoxy groups -OCH3 is 2. The van der Waals surface area contributed by atoms with Crippen molar-refractivity contribution in [1.82, 2.24) is 5.32 Å². The number of amides is 1. The van der Waals surface area contributed by atoms with Gasteiger partial charge in [0.25, 0.3) is 0 Å². The number of fused-ring (bicyclic) bond motifs is 2. The number of nitrogens with one attached hydrogen (secondary N) is 1. The third-order valence-corrected chi connectivity index (χ3v) is 5.52. The molecule has 1 amide bonds. The van der Waals surface area contributed by atoms with Gasteiger partial charge in [0.1, 0.15) is 0 Å². The highest BCUT2D eigenvalue weighted by Gasteiger charge is 2.39. The third kappa shape index (κ3) is 3.80. The van der Waals surface area contributed by atoms with Gasteiger partial charge in [0.2, 0.25) is 5.91 Å². The van der Waals surface area contributed by atoms with Gasteiger partial charge >= 0.3 is 0 Å². The van der Waals surface area contributed by atoms with Gasteiger partial charge in [-0.3, -0.25) is 4.79 Å². The van der Waals surface area contributed by atoms with E-state index in [4.69, 9.17) is 9.47 Å². The number of hydrogen-bond acceptors (Lipinski definition) is 3. The van der Waals surface area contributed by atoms with Crippen molar-refractivity contribution in [1.29, 1.82) is 0 Å². The molecule has 3 atom stereocenters. The fourth-order valence-electron chi connectivity index (χ4n) is 4.32. The molecule has 2 aliphatic rings. The zero-order valence-corrected chi connectivity index (χ0v) is 14.1. The van der Waals surface area contributed by atoms with E-state index >= 15 is 0 Å². The predicted octanol–water partition coefficient (Wildman–Crippen LogP) is 3.19. The SMILES string of the molecule is COc1ccc(CCNC(=O)C[C@@H]2C[C@@H]3CC[C@@H]2C3)cc1OC. The summed E-state index contributed by atoms with van der Waals surface area (Å²) in [5, 5.41) is 3.07. The van der Waals surface area contributed by atoms with Crippen molar-refractivity contribution >= 4 is 5.91 Å². The highest BCUT2D eigenvalue weighted by molar-refractivity contribution is 5.76. The zero-order chi connectivity index (χ0) is 16.2. The van der Waals surface area contributed by atoms with E-state index in [1.807, 2.05) is 18.2 Å². The molecule has 3 rings (SSSR count). The van der Waals surface area contributed by atoms with Gasteiger partial charge in [0.05, 0.1) is 14.2 Å². The van der Waals surface area contributed by atoms with Crippen molar-refractivity contribution in [3.8, 4) is 11.5 Å². The average molecular weight is 317 g/mol. The minimum atomic E-state index is 0.211. The van der Waals surface area contributed by atoms with Crippen LogP contribution < -0.4 is 14.8 Å². The molecule has 2 aliphatic carbocycles. The van der Waals surface area contributed by atoms with Crippen LogP contribution in [0.1, 0.15) is 37.7 Å². The molecule has 0 heterocycles. The molecule has 4 nitrogen and oxygen atoms in total. The summed E-state index contributed by atoms with van der Waals surface area (Å²) in [5.41, 5.74) is 1.14. The van der Waals surface area contributed by atoms with Gasteiger partial charge < -0.3 is 14.8 Å². The average Bonchev–Trinajstić information content (AvgIpc) is 3.17. The first-order valence-corrected chi connectivity index (χ1v) is 8.67. The number of carbonyl (C=O) groups is 1. The molecule has 0 aliphatic heterocycles. The maximum Gasteiger partial charge on any atom is 0.220 e. The van der Waals surface area contributed by atoms with Gasteiger partial charge in [0, 0.05) is 13.0 Å². The number of hydrogen-bond donors (Lipinski definition) is 1. The fraction of sp³-hybridized carbons (Fsp3) is 0.632. The first-order valence-electron chi connectivity index (χ1n) is 8.67. The first kappa shape index (κ1) is 16.2. The molecular formula is C19H27NO3. The molecule has 1 aromatic carbocycles. The van der Waals surface area contributed by atoms with Crippen LogP contribution >= 0.6 is 0 Å². The lowest BCUT2D eigenvalue weighted by atomic mass is 9.86. The molecule has 1 N–H and O–H groups in total. The second-order valence-corrected chi connectivity index (χ2v) is 6.93. The Bertz CT molecular complexity index is 558. The summed E-state index contributed by atoms with van der Waals surface area (Å²) in [6.45, 7) is 0.676. The van der Waals surface area contributed by atoms with Crippen molar-refractivity contribution in [2.24, 2.45) is 17.8 Å². The van der Waals surface area contributed by atoms with Gasteiger partial charge in [0.15, 0.2) is 11.5 Å². The van der Waals surface area contributed by atoms with Crippen molar-refractivity contribution in [2.45, 2.75) is 38.5 Å². The summed E-state index contributed by atoms with van der Waals surface area (Å²) in [7, 11) is 3.27. The van der Waals surface area contributed by atoms with E-state index in [1.54, 1.807) is 14.2 Å². The molecule has 0 spiro atoms. The summed E-state index contributed by atoms with van der Waals surface area (Å²) >= 11 is 0. The van der Waals surface area contributed by atoms with Crippen molar-refractivity contribution < 1.29 is 14.3 Å². The predicted molar refractivity (Wildman–Crippen MR) is 89.8 cm³/mol. The Morgan fingerprint density at radius 1 is 1.17 bits per heavy atom. The van der Waals surface area contributed by atoms with E-state index in [-0.39, 0.29) is 5.91 Å². The Morgan fingerprint density at radius 3 is 2.65 bits per heavy atom. The number of carbonyl (C=O) groups excluding carboxylic acids is 1. The van der Waals surface area contributed by atoms with E-state index in [9.17, 15) is 4.79 Å². The summed E-state index contributed by atoms with van der Waals surface area (Å²) in [6, 6.07) is 5.90. The molecule has 2 bridgehead atoms. The molecule has 0 unspecified atom stereocenters. The maximum atomic E-state index is 12.1. The summed E-state index contributed by atoms with van der Waals surface area (Å²) in [5.74, 6) is 4.04. The highest BCUT2D eigenvalue weighted by Crippen LogP contribution is 2.49. The van der Waals surface area contributed by atoms with Gasteiger partial charge in [-0.15, -0.1) is 0 Å². The van der Waals surface area contributed by atoms with Crippen LogP contribution in [0.4, 0.5) is 0 Å². The van der Waals surface area contributed by atoms with Crippen LogP contribution in [0.25, 0.3) is 0 Å². The van der Waals surface area contributed by atoms with Crippen LogP contribution in [0.3, 0.4) is 0 Å². The largest absolute Gasteiger partial charge is 0.493 e. The standard InChI is InChI=1S/C19H27NO3/c1-22-17-6-4-13(11-18(17)23-2)7-8-20-19(21)12-16-10-14-3-5-15(16)9-14/h4,6,11,14-16H,3,5,7-10,12H2,1-2H3,(H,20,21)/t14-,15-,16+/m1/s1. The molecule has 1 aromatic rings. The molecule has 4 heteroatoms. The highest BCUT2D eigenvalue weighted by atomic mass is 16.5. The zero-order valence-electron chi connectivity index (χ0n) is 14.1. The number of ether oxygens (including phenoxy) is 2. The third-order valence-electron chi connectivity index (χ3n) is 5.52. The normalized spacial score (nSPS) is 25.4. The molecule has 126 valence electrons. The molecule has 0 aromatic heterocycles. The van der Waals surface area contributed by atoms with E-state index in [1.165, 1.54) is 25.7 Å². The van der Waals surface area contributed by atoms with E-state index in [0.717, 1.165) is 35.3 Å². The fourth-order valence-corrected chi connectivity index (χ4v) is 4.32. The van der Waals surface area contributed by atoms with Gasteiger partial charge in [-0.2, -0.15) is 0 Å². The van der Waals surface area contributed by atoms with Crippen LogP contribution in [0.2, 0.25) is 0 Å². The topological polar surface area (TPSA) is 47.6 Å². The maximum absolute atomic E-state index is 12.1. The lowest BCUT2D eigenvalue weighted by Crippen LogP contribution is -2.29. The smallest absolute Gasteiger partial charge is 0.220 e. The van der Waals surface area contributed by atoms with Crippen LogP contribution in [0.15, 0.2) is 18.2 Å². The van der Waals surface area contributed by atoms with Gasteiger partial charge in [-0.05, 0) is 61.1 Å². The minimum absolute atomic E-state index is 0.211. The Kier molecular flexibility index (Phi) is 5.09. The summed E-state index contributed by atoms with van der Waals surface area (Å²) < 4.78 is 10.5. The van der Waals surface area contributed by atoms with Crippen LogP contribution in [0.5, 0.6) is 11.5 Å². The van der Waals surface area contributed by atoms with Crippen molar-refractivity contribution in [3.63, 3.8) is 0 Å². The van der Waals surface area contributed by atoms with Crippen molar-refractivity contribution in [2.75, 3.05) is 20.8 Å². The molecule has 2 fully saturated rings. The molecule has 23 heavy (non-hydrogen) atoms. The molecule has 0 saturated heterocycles. The lowest BCUT2D eigenvalue weighted by molar-refractivity contribution is -0.122. The number of benzene rings is 1. The molecule has 2 saturated carbocycles. The van der Waals surface area contributed by atoms with Gasteiger partial charge in [-0.25, -0.2) is 0 Å². The van der Waals surface area contributed by atoms with Crippen LogP contribution in [-0.4, -0.2) is 26.7 Å². The monoisotopic (exact) mass is 317 g/mol. The van der Waals surface area contributed by atoms with E-state index in [2.05, 4.69) is 5.32 Å². The first-order chi connectivity index (χ1) is 11.2. The molecular weight excluding hydrogens is 290 g/mol. The van der Waals surface area contributed by atoms with Crippen molar-refractivity contribution in [3.05, 3.63) is 23.8 Å². The van der Waals surface area contributed by atoms with E-state index < -0.39 is 0 Å². The van der Waals surface area contributed by atoms with Crippen LogP contribution in [-0.2, 0) is 11.2 Å². The second kappa shape index (κ2) is 7.24. The van der Waals surface area contributed by atoms with Gasteiger partial charge in [-0.1, -0.05) is 12.5 Å². The Morgan fingerprint density at radius 2 is 2.00 bits per heavy atom. The molecule has 0 radical (unpaired) electrons. The Balaban J connectivity index is 1.43. The lowest BCUT2D eigenvalue weighted by Gasteiger charge is -2.20. The quantitative estimate of drug-likeness (QED) is 0.840. The summed E-state index contributed by atoms with van der Waals surface area (Å²) in [4.78, 5) is 12.1.